The molecule has 0 saturated carbocycles. The monoisotopic (exact) mass is 842 g/mol. The molecule has 1 heterocycles. The molecule has 31 heavy (non-hydrogen) atoms. The Hall–Kier alpha value is 2.76. The zero-order chi connectivity index (χ0) is 22.4. The van der Waals surface area contributed by atoms with Crippen molar-refractivity contribution in [2.45, 2.75) is 52.6 Å². The van der Waals surface area contributed by atoms with Crippen LogP contribution in [0.1, 0.15) is 41.5 Å². The van der Waals surface area contributed by atoms with Crippen LogP contribution in [0, 0.1) is 0 Å². The van der Waals surface area contributed by atoms with E-state index in [1.807, 2.05) is 0 Å². The number of hydrogen-bond donors (Lipinski definition) is 0. The fraction of sp³-hybridized carbons (Fsp3) is 1.00. The average Bonchev–Trinajstić information content (AvgIpc) is 2.29. The number of nitrogens with zero attached hydrogens (tertiary/aromatic N) is 4. The van der Waals surface area contributed by atoms with E-state index in [-0.39, 0.29) is 64.5 Å². The number of halogens is 2. The third-order valence-electron chi connectivity index (χ3n) is 4.20. The van der Waals surface area contributed by atoms with Crippen LogP contribution in [0.15, 0.2) is 0 Å². The molecule has 0 bridgehead atoms. The molecule has 13 heteroatoms. The molecule has 1 rings (SSSR count). The van der Waals surface area contributed by atoms with Gasteiger partial charge in [0.15, 0.2) is 0 Å². The van der Waals surface area contributed by atoms with Crippen LogP contribution in [-0.4, -0.2) is 133 Å². The van der Waals surface area contributed by atoms with Gasteiger partial charge in [0.2, 0.25) is 0 Å². The van der Waals surface area contributed by atoms with Gasteiger partial charge in [-0.25, -0.2) is 0 Å². The van der Waals surface area contributed by atoms with Gasteiger partial charge >= 0.3 is 191 Å². The molecule has 0 fully saturated rings. The first kappa shape index (κ1) is 38.3. The van der Waals surface area contributed by atoms with E-state index in [9.17, 15) is 0 Å². The molecule has 1 aliphatic rings. The third-order valence-corrected chi connectivity index (χ3v) is 21.2. The molecule has 2 N–H and O–H groups in total. The minimum atomic E-state index is -2.07. The van der Waals surface area contributed by atoms with Crippen LogP contribution < -0.4 is 48.0 Å². The summed E-state index contributed by atoms with van der Waals surface area (Å²) in [5.74, 6) is 0. The van der Waals surface area contributed by atoms with Gasteiger partial charge in [0.05, 0.1) is 0 Å². The van der Waals surface area contributed by atoms with Gasteiger partial charge in [-0.05, 0) is 0 Å². The number of quaternary nitrogens is 2. The quantitative estimate of drug-likeness (QED) is 0.110. The Labute approximate surface area is 242 Å². The zero-order valence-corrected chi connectivity index (χ0v) is 30.9. The molecular formula is C18H46I2N4O3P2Se2. The van der Waals surface area contributed by atoms with Crippen molar-refractivity contribution in [3.63, 3.8) is 0 Å². The normalized spacial score (nSPS) is 24.6. The van der Waals surface area contributed by atoms with Crippen LogP contribution in [0.25, 0.3) is 0 Å². The molecule has 0 aliphatic carbocycles. The van der Waals surface area contributed by atoms with Crippen molar-refractivity contribution in [1.82, 2.24) is 0 Å². The van der Waals surface area contributed by atoms with Gasteiger partial charge in [0, 0.05) is 0 Å². The molecule has 0 saturated heterocycles. The number of rotatable bonds is 8. The van der Waals surface area contributed by atoms with Gasteiger partial charge in [0.1, 0.15) is 0 Å². The second-order valence-electron chi connectivity index (χ2n) is 11.6. The van der Waals surface area contributed by atoms with Crippen molar-refractivity contribution in [1.29, 1.82) is 0 Å². The molecule has 0 aromatic rings. The minimum absolute atomic E-state index is 0. The van der Waals surface area contributed by atoms with Crippen molar-refractivity contribution < 1.29 is 79.6 Å². The Kier molecular flexibility index (Phi) is 15.8. The Morgan fingerprint density at radius 2 is 0.871 bits per heavy atom. The largest absolute Gasteiger partial charge is 1.00 e. The second-order valence-corrected chi connectivity index (χ2v) is 22.3. The predicted molar refractivity (Wildman–Crippen MR) is 127 cm³/mol. The standard InChI is InChI=1S/C18H44N4O2P2Se2.2HI.H2O/c1-17(2,3)19-25(27,23-15-13-21(7,8)9)20(18(4,5)6)26(19,28)24-16-14-22(10,11)12;;;/h13-16H2,1-12H3;2*1H;1H2/q+2;;;/p-2. The van der Waals surface area contributed by atoms with Crippen LogP contribution >= 0.6 is 12.2 Å². The van der Waals surface area contributed by atoms with Gasteiger partial charge < -0.3 is 53.4 Å². The Morgan fingerprint density at radius 1 is 0.645 bits per heavy atom. The van der Waals surface area contributed by atoms with E-state index in [1.54, 1.807) is 0 Å². The first-order valence-corrected chi connectivity index (χ1v) is 17.5. The smallest absolute Gasteiger partial charge is 0.412 e. The summed E-state index contributed by atoms with van der Waals surface area (Å²) >= 11 is 7.02. The average molecular weight is 840 g/mol. The third kappa shape index (κ3) is 10.3. The molecule has 0 aromatic heterocycles. The van der Waals surface area contributed by atoms with E-state index in [0.29, 0.717) is 0 Å². The van der Waals surface area contributed by atoms with Gasteiger partial charge in [-0.3, -0.25) is 0 Å². The maximum atomic E-state index is 6.68. The van der Waals surface area contributed by atoms with Crippen molar-refractivity contribution in [3.05, 3.63) is 0 Å². The molecule has 0 atom stereocenters. The molecule has 1 aliphatic heterocycles. The van der Waals surface area contributed by atoms with Crippen LogP contribution in [0.4, 0.5) is 0 Å². The summed E-state index contributed by atoms with van der Waals surface area (Å²) in [4.78, 5) is 0. The molecule has 7 nitrogen and oxygen atoms in total. The molecule has 0 amide bonds. The van der Waals surface area contributed by atoms with Crippen LogP contribution in [0.5, 0.6) is 0 Å². The van der Waals surface area contributed by atoms with Gasteiger partial charge in [-0.2, -0.15) is 0 Å². The van der Waals surface area contributed by atoms with E-state index >= 15 is 0 Å². The number of hydrogen-bond acceptors (Lipinski definition) is 2. The molecule has 0 spiro atoms. The van der Waals surface area contributed by atoms with E-state index in [0.717, 1.165) is 35.3 Å². The minimum Gasteiger partial charge on any atom is -1.00 e. The fourth-order valence-corrected chi connectivity index (χ4v) is 29.6. The molecular weight excluding hydrogens is 794 g/mol. The van der Waals surface area contributed by atoms with Crippen molar-refractivity contribution >= 4 is 43.4 Å². The Bertz CT molecular complexity index is 634. The topological polar surface area (TPSA) is 56.0 Å². The SMILES string of the molecule is CC(C)(C)[N+]1=P([Se-])(OCC[N+](C)(C)C)[N+](C(C)(C)C)=P1([Se-])OCC[N+](C)(C)C.O.[I-].[I-]. The zero-order valence-electron chi connectivity index (χ0n) is 21.4. The maximum Gasteiger partial charge on any atom is -0.412 e. The van der Waals surface area contributed by atoms with Gasteiger partial charge in [-0.15, -0.1) is 0 Å². The molecule has 192 valence electrons. The van der Waals surface area contributed by atoms with E-state index in [4.69, 9.17) is 9.05 Å². The van der Waals surface area contributed by atoms with Crippen LogP contribution in [0.3, 0.4) is 0 Å². The van der Waals surface area contributed by atoms with E-state index in [2.05, 4.69) is 123 Å². The molecule has 0 radical (unpaired) electrons. The Balaban J connectivity index is -0.00000261. The fourth-order valence-electron chi connectivity index (χ4n) is 3.02. The Morgan fingerprint density at radius 3 is 1.03 bits per heavy atom. The second kappa shape index (κ2) is 12.8. The molecule has 0 aromatic carbocycles. The first-order chi connectivity index (χ1) is 12.1. The summed E-state index contributed by atoms with van der Waals surface area (Å²) in [6.07, 6.45) is -4.15. The first-order valence-electron chi connectivity index (χ1n) is 9.87. The summed E-state index contributed by atoms with van der Waals surface area (Å²) in [7, 11) is 13.2. The van der Waals surface area contributed by atoms with E-state index < -0.39 is 12.2 Å². The van der Waals surface area contributed by atoms with Crippen molar-refractivity contribution in [2.24, 2.45) is 0 Å². The number of likely N-dealkylation sites (N-methyl/N-ethyl adjacent to an activating group) is 2. The van der Waals surface area contributed by atoms with Crippen molar-refractivity contribution in [3.8, 4) is 0 Å². The van der Waals surface area contributed by atoms with Gasteiger partial charge in [-0.1, -0.05) is 0 Å². The maximum absolute atomic E-state index is 6.68. The summed E-state index contributed by atoms with van der Waals surface area (Å²) in [5, 5.41) is 0. The van der Waals surface area contributed by atoms with E-state index in [1.165, 1.54) is 0 Å². The van der Waals surface area contributed by atoms with Crippen LogP contribution in [-0.2, 0) is 9.05 Å². The summed E-state index contributed by atoms with van der Waals surface area (Å²) < 4.78 is 20.2. The summed E-state index contributed by atoms with van der Waals surface area (Å²) in [6.45, 7) is 17.0. The summed E-state index contributed by atoms with van der Waals surface area (Å²) in [5.41, 5.74) is -0.125. The predicted octanol–water partition coefficient (Wildman–Crippen LogP) is -3.52. The van der Waals surface area contributed by atoms with Crippen molar-refractivity contribution in [2.75, 3.05) is 68.6 Å². The molecule has 0 unspecified atom stereocenters. The van der Waals surface area contributed by atoms with Crippen LogP contribution in [0.2, 0.25) is 0 Å². The summed E-state index contributed by atoms with van der Waals surface area (Å²) in [6, 6.07) is 0. The van der Waals surface area contributed by atoms with Gasteiger partial charge in [0.25, 0.3) is 0 Å².